The van der Waals surface area contributed by atoms with Crippen LogP contribution < -0.4 is 0 Å². The first kappa shape index (κ1) is 36.9. The van der Waals surface area contributed by atoms with E-state index in [-0.39, 0.29) is 24.3 Å². The molecule has 0 radical (unpaired) electrons. The third-order valence-corrected chi connectivity index (χ3v) is 8.80. The average molecular weight is 595 g/mol. The van der Waals surface area contributed by atoms with Crippen LogP contribution in [0.15, 0.2) is 23.8 Å². The highest BCUT2D eigenvalue weighted by Crippen LogP contribution is 2.28. The summed E-state index contributed by atoms with van der Waals surface area (Å²) in [6.07, 6.45) is 24.4. The molecule has 0 saturated carbocycles. The first-order valence-electron chi connectivity index (χ1n) is 17.2. The SMILES string of the molecule is CCCCC(O)C(O)CC=CCC[C@H](O)[C@@H]1CC[C@@H](CCCCCCCCCCCC[C@@H](O)CC2=C[C@H](C)OC2=O)O1. The highest BCUT2D eigenvalue weighted by molar-refractivity contribution is 5.90. The van der Waals surface area contributed by atoms with E-state index in [1.165, 1.54) is 51.4 Å². The Labute approximate surface area is 255 Å². The molecule has 244 valence electrons. The van der Waals surface area contributed by atoms with Crippen molar-refractivity contribution in [2.24, 2.45) is 0 Å². The second kappa shape index (κ2) is 22.3. The van der Waals surface area contributed by atoms with Crippen LogP contribution in [0.1, 0.15) is 149 Å². The molecule has 0 bridgehead atoms. The molecule has 0 aromatic rings. The van der Waals surface area contributed by atoms with Crippen LogP contribution in [-0.2, 0) is 14.3 Å². The van der Waals surface area contributed by atoms with Crippen molar-refractivity contribution in [3.63, 3.8) is 0 Å². The van der Waals surface area contributed by atoms with Crippen LogP contribution in [-0.4, -0.2) is 69.1 Å². The van der Waals surface area contributed by atoms with Gasteiger partial charge in [-0.15, -0.1) is 0 Å². The summed E-state index contributed by atoms with van der Waals surface area (Å²) in [6, 6.07) is 0. The zero-order valence-electron chi connectivity index (χ0n) is 26.6. The summed E-state index contributed by atoms with van der Waals surface area (Å²) in [5.41, 5.74) is 0.624. The number of hydrogen-bond acceptors (Lipinski definition) is 7. The largest absolute Gasteiger partial charge is 0.455 e. The monoisotopic (exact) mass is 594 g/mol. The van der Waals surface area contributed by atoms with Gasteiger partial charge in [0.1, 0.15) is 6.10 Å². The Morgan fingerprint density at radius 1 is 0.833 bits per heavy atom. The number of unbranched alkanes of at least 4 members (excludes halogenated alkanes) is 10. The number of rotatable bonds is 25. The second-order valence-electron chi connectivity index (χ2n) is 12.8. The van der Waals surface area contributed by atoms with Crippen molar-refractivity contribution < 1.29 is 34.7 Å². The fourth-order valence-corrected chi connectivity index (χ4v) is 6.10. The minimum absolute atomic E-state index is 0.0552. The van der Waals surface area contributed by atoms with Gasteiger partial charge in [0.05, 0.1) is 36.6 Å². The van der Waals surface area contributed by atoms with Crippen LogP contribution >= 0.6 is 0 Å². The molecule has 7 nitrogen and oxygen atoms in total. The Hall–Kier alpha value is -1.25. The van der Waals surface area contributed by atoms with Gasteiger partial charge >= 0.3 is 5.97 Å². The highest BCUT2D eigenvalue weighted by Gasteiger charge is 2.30. The van der Waals surface area contributed by atoms with E-state index in [0.29, 0.717) is 31.3 Å². The van der Waals surface area contributed by atoms with Crippen molar-refractivity contribution in [3.05, 3.63) is 23.8 Å². The summed E-state index contributed by atoms with van der Waals surface area (Å²) in [6.45, 7) is 3.91. The Morgan fingerprint density at radius 2 is 1.50 bits per heavy atom. The van der Waals surface area contributed by atoms with Crippen molar-refractivity contribution >= 4 is 5.97 Å². The molecule has 0 aliphatic carbocycles. The molecule has 2 heterocycles. The van der Waals surface area contributed by atoms with Crippen molar-refractivity contribution in [1.29, 1.82) is 0 Å². The van der Waals surface area contributed by atoms with Crippen molar-refractivity contribution in [1.82, 2.24) is 0 Å². The smallest absolute Gasteiger partial charge is 0.334 e. The van der Waals surface area contributed by atoms with Gasteiger partial charge in [0.25, 0.3) is 0 Å². The third kappa shape index (κ3) is 16.0. The van der Waals surface area contributed by atoms with Crippen LogP contribution in [0.4, 0.5) is 0 Å². The zero-order valence-corrected chi connectivity index (χ0v) is 26.6. The van der Waals surface area contributed by atoms with E-state index in [1.54, 1.807) is 0 Å². The van der Waals surface area contributed by atoms with Crippen LogP contribution in [0, 0.1) is 0 Å². The number of allylic oxidation sites excluding steroid dienone is 1. The molecule has 42 heavy (non-hydrogen) atoms. The lowest BCUT2D eigenvalue weighted by Gasteiger charge is -2.19. The van der Waals surface area contributed by atoms with E-state index in [1.807, 2.05) is 25.2 Å². The summed E-state index contributed by atoms with van der Waals surface area (Å²) in [7, 11) is 0. The lowest BCUT2D eigenvalue weighted by atomic mass is 10.0. The fraction of sp³-hybridized carbons (Fsp3) is 0.857. The van der Waals surface area contributed by atoms with Gasteiger partial charge in [-0.05, 0) is 64.4 Å². The third-order valence-electron chi connectivity index (χ3n) is 8.80. The van der Waals surface area contributed by atoms with Crippen LogP contribution in [0.2, 0.25) is 0 Å². The first-order valence-corrected chi connectivity index (χ1v) is 17.2. The maximum absolute atomic E-state index is 11.6. The number of carbonyl (C=O) groups is 1. The van der Waals surface area contributed by atoms with E-state index in [0.717, 1.165) is 57.8 Å². The molecule has 0 aromatic carbocycles. The van der Waals surface area contributed by atoms with E-state index < -0.39 is 24.4 Å². The predicted molar refractivity (Wildman–Crippen MR) is 168 cm³/mol. The number of aliphatic hydroxyl groups excluding tert-OH is 4. The van der Waals surface area contributed by atoms with Crippen molar-refractivity contribution in [3.8, 4) is 0 Å². The zero-order chi connectivity index (χ0) is 30.6. The fourth-order valence-electron chi connectivity index (χ4n) is 6.10. The predicted octanol–water partition coefficient (Wildman–Crippen LogP) is 6.84. The highest BCUT2D eigenvalue weighted by atomic mass is 16.5. The quantitative estimate of drug-likeness (QED) is 0.0520. The minimum Gasteiger partial charge on any atom is -0.455 e. The summed E-state index contributed by atoms with van der Waals surface area (Å²) < 4.78 is 11.2. The molecular formula is C35H62O7. The molecule has 0 amide bonds. The molecule has 2 aliphatic rings. The van der Waals surface area contributed by atoms with Gasteiger partial charge in [-0.2, -0.15) is 0 Å². The number of aliphatic hydroxyl groups is 4. The van der Waals surface area contributed by atoms with Gasteiger partial charge in [-0.25, -0.2) is 4.79 Å². The molecule has 2 rings (SSSR count). The van der Waals surface area contributed by atoms with Gasteiger partial charge in [-0.3, -0.25) is 0 Å². The number of esters is 1. The number of hydrogen-bond donors (Lipinski definition) is 4. The Bertz CT molecular complexity index is 766. The molecule has 2 unspecified atom stereocenters. The lowest BCUT2D eigenvalue weighted by Crippen LogP contribution is -2.26. The average Bonchev–Trinajstić information content (AvgIpc) is 3.57. The van der Waals surface area contributed by atoms with Gasteiger partial charge in [-0.1, -0.05) is 96.1 Å². The normalized spacial score (nSPS) is 23.7. The molecule has 1 fully saturated rings. The maximum Gasteiger partial charge on any atom is 0.334 e. The molecule has 7 atom stereocenters. The summed E-state index contributed by atoms with van der Waals surface area (Å²) >= 11 is 0. The van der Waals surface area contributed by atoms with E-state index in [2.05, 4.69) is 6.92 Å². The maximum atomic E-state index is 11.6. The summed E-state index contributed by atoms with van der Waals surface area (Å²) in [4.78, 5) is 11.6. The van der Waals surface area contributed by atoms with Crippen molar-refractivity contribution in [2.45, 2.75) is 191 Å². The van der Waals surface area contributed by atoms with E-state index in [4.69, 9.17) is 9.47 Å². The molecule has 7 heteroatoms. The Morgan fingerprint density at radius 3 is 2.14 bits per heavy atom. The molecular weight excluding hydrogens is 532 g/mol. The number of cyclic esters (lactones) is 1. The number of carbonyl (C=O) groups excluding carboxylic acids is 1. The van der Waals surface area contributed by atoms with E-state index in [9.17, 15) is 25.2 Å². The van der Waals surface area contributed by atoms with Gasteiger partial charge in [0, 0.05) is 12.0 Å². The molecule has 2 aliphatic heterocycles. The van der Waals surface area contributed by atoms with Crippen molar-refractivity contribution in [2.75, 3.05) is 0 Å². The second-order valence-corrected chi connectivity index (χ2v) is 12.8. The first-order chi connectivity index (χ1) is 20.3. The van der Waals surface area contributed by atoms with E-state index >= 15 is 0 Å². The molecule has 0 aromatic heterocycles. The lowest BCUT2D eigenvalue weighted by molar-refractivity contribution is -0.139. The standard InChI is InChI=1S/C35H62O7/c1-3-4-20-31(37)32(38)21-16-13-17-22-33(39)34-24-23-30(42-34)19-15-12-10-8-6-5-7-9-11-14-18-29(36)26-28-25-27(2)41-35(28)40/h13,16,25,27,29-34,36-39H,3-12,14-15,17-24,26H2,1-2H3/t27-,29+,30+,31?,32?,33-,34-/m0/s1. The Balaban J connectivity index is 1.36. The number of ether oxygens (including phenoxy) is 2. The molecule has 0 spiro atoms. The summed E-state index contributed by atoms with van der Waals surface area (Å²) in [5.74, 6) is -0.275. The van der Waals surface area contributed by atoms with Gasteiger partial charge in [0.2, 0.25) is 0 Å². The van der Waals surface area contributed by atoms with Gasteiger partial charge < -0.3 is 29.9 Å². The molecule has 1 saturated heterocycles. The Kier molecular flexibility index (Phi) is 19.6. The van der Waals surface area contributed by atoms with Gasteiger partial charge in [0.15, 0.2) is 0 Å². The molecule has 4 N–H and O–H groups in total. The minimum atomic E-state index is -0.709. The topological polar surface area (TPSA) is 116 Å². The van der Waals surface area contributed by atoms with Crippen LogP contribution in [0.3, 0.4) is 0 Å². The summed E-state index contributed by atoms with van der Waals surface area (Å²) in [5, 5.41) is 40.6. The van der Waals surface area contributed by atoms with Crippen LogP contribution in [0.25, 0.3) is 0 Å². The van der Waals surface area contributed by atoms with Crippen LogP contribution in [0.5, 0.6) is 0 Å².